The first kappa shape index (κ1) is 27.8. The van der Waals surface area contributed by atoms with Gasteiger partial charge in [0, 0.05) is 33.7 Å². The Labute approximate surface area is 281 Å². The number of aromatic nitrogens is 2. The Morgan fingerprint density at radius 3 is 2.52 bits per heavy atom. The number of hydrogen-bond acceptors (Lipinski definition) is 3. The van der Waals surface area contributed by atoms with Crippen molar-refractivity contribution in [3.8, 4) is 11.3 Å². The summed E-state index contributed by atoms with van der Waals surface area (Å²) >= 11 is 0. The molecule has 3 heteroatoms. The van der Waals surface area contributed by atoms with Crippen molar-refractivity contribution >= 4 is 34.6 Å². The predicted molar refractivity (Wildman–Crippen MR) is 198 cm³/mol. The zero-order valence-corrected chi connectivity index (χ0v) is 27.4. The highest BCUT2D eigenvalue weighted by Crippen LogP contribution is 2.57. The Balaban J connectivity index is 1.17. The minimum absolute atomic E-state index is 0.0163. The van der Waals surface area contributed by atoms with Crippen LogP contribution >= 0.6 is 0 Å². The molecule has 3 atom stereocenters. The minimum Gasteiger partial charge on any atom is -0.302 e. The Kier molecular flexibility index (Phi) is 6.00. The van der Waals surface area contributed by atoms with Gasteiger partial charge in [-0.25, -0.2) is 9.97 Å². The fourth-order valence-electron chi connectivity index (χ4n) is 9.34. The van der Waals surface area contributed by atoms with Crippen molar-refractivity contribution in [1.82, 2.24) is 9.97 Å². The second kappa shape index (κ2) is 10.4. The maximum absolute atomic E-state index is 5.39. The molecule has 10 rings (SSSR count). The van der Waals surface area contributed by atoms with Crippen LogP contribution in [0.2, 0.25) is 0 Å². The van der Waals surface area contributed by atoms with Gasteiger partial charge in [0.15, 0.2) is 0 Å². The molecule has 5 aromatic rings. The van der Waals surface area contributed by atoms with Gasteiger partial charge in [-0.3, -0.25) is 0 Å². The monoisotopic (exact) mass is 619 g/mol. The molecule has 0 spiro atoms. The van der Waals surface area contributed by atoms with Crippen LogP contribution in [0.15, 0.2) is 138 Å². The van der Waals surface area contributed by atoms with Gasteiger partial charge in [-0.1, -0.05) is 141 Å². The van der Waals surface area contributed by atoms with E-state index in [2.05, 4.69) is 152 Å². The predicted octanol–water partition coefficient (Wildman–Crippen LogP) is 9.08. The van der Waals surface area contributed by atoms with Crippen LogP contribution in [0.1, 0.15) is 61.6 Å². The summed E-state index contributed by atoms with van der Waals surface area (Å²) in [4.78, 5) is 13.1. The molecule has 48 heavy (non-hydrogen) atoms. The lowest BCUT2D eigenvalue weighted by molar-refractivity contribution is 0.606. The zero-order chi connectivity index (χ0) is 32.0. The number of hydrogen-bond donors (Lipinski definition) is 0. The van der Waals surface area contributed by atoms with Crippen LogP contribution in [-0.4, -0.2) is 16.0 Å². The largest absolute Gasteiger partial charge is 0.302 e. The lowest BCUT2D eigenvalue weighted by Gasteiger charge is -2.32. The van der Waals surface area contributed by atoms with Gasteiger partial charge in [0.25, 0.3) is 0 Å². The first-order chi connectivity index (χ1) is 23.6. The third-order valence-corrected chi connectivity index (χ3v) is 11.4. The van der Waals surface area contributed by atoms with Crippen LogP contribution in [0.3, 0.4) is 0 Å². The fraction of sp³-hybridized carbons (Fsp3) is 0.200. The van der Waals surface area contributed by atoms with Gasteiger partial charge in [0.2, 0.25) is 5.95 Å². The minimum atomic E-state index is -0.0163. The van der Waals surface area contributed by atoms with E-state index in [1.807, 2.05) is 0 Å². The highest BCUT2D eigenvalue weighted by molar-refractivity contribution is 5.95. The van der Waals surface area contributed by atoms with Crippen molar-refractivity contribution in [3.63, 3.8) is 0 Å². The highest BCUT2D eigenvalue weighted by Gasteiger charge is 2.45. The lowest BCUT2D eigenvalue weighted by Crippen LogP contribution is -2.38. The summed E-state index contributed by atoms with van der Waals surface area (Å²) in [6.07, 6.45) is 19.9. The Morgan fingerprint density at radius 1 is 0.792 bits per heavy atom. The maximum Gasteiger partial charge on any atom is 0.231 e. The van der Waals surface area contributed by atoms with Crippen molar-refractivity contribution < 1.29 is 0 Å². The van der Waals surface area contributed by atoms with Crippen LogP contribution in [-0.2, 0) is 5.41 Å². The summed E-state index contributed by atoms with van der Waals surface area (Å²) in [6.45, 7) is 4.84. The summed E-state index contributed by atoms with van der Waals surface area (Å²) < 4.78 is 0. The molecule has 0 fully saturated rings. The second-order valence-corrected chi connectivity index (χ2v) is 14.3. The third kappa shape index (κ3) is 3.94. The van der Waals surface area contributed by atoms with Crippen LogP contribution in [0.25, 0.3) is 34.2 Å². The van der Waals surface area contributed by atoms with E-state index in [4.69, 9.17) is 9.97 Å². The van der Waals surface area contributed by atoms with E-state index in [1.54, 1.807) is 5.57 Å². The molecule has 232 valence electrons. The van der Waals surface area contributed by atoms with Crippen LogP contribution in [0.4, 0.5) is 11.6 Å². The van der Waals surface area contributed by atoms with Crippen molar-refractivity contribution in [3.05, 3.63) is 165 Å². The van der Waals surface area contributed by atoms with Crippen LogP contribution in [0.5, 0.6) is 0 Å². The summed E-state index contributed by atoms with van der Waals surface area (Å²) in [6, 6.07) is 33.2. The van der Waals surface area contributed by atoms with E-state index in [9.17, 15) is 0 Å². The van der Waals surface area contributed by atoms with Gasteiger partial charge in [0.05, 0.1) is 17.1 Å². The Hall–Kier alpha value is -5.28. The number of anilines is 2. The van der Waals surface area contributed by atoms with E-state index >= 15 is 0 Å². The molecular formula is C45H37N3. The zero-order valence-electron chi connectivity index (χ0n) is 27.4. The molecule has 2 heterocycles. The number of nitrogens with zero attached hydrogens (tertiary/aromatic N) is 3. The molecule has 3 nitrogen and oxygen atoms in total. The van der Waals surface area contributed by atoms with E-state index in [1.165, 1.54) is 44.3 Å². The second-order valence-electron chi connectivity index (χ2n) is 14.3. The van der Waals surface area contributed by atoms with Crippen molar-refractivity contribution in [2.24, 2.45) is 0 Å². The van der Waals surface area contributed by atoms with Crippen molar-refractivity contribution in [1.29, 1.82) is 0 Å². The van der Waals surface area contributed by atoms with E-state index in [0.717, 1.165) is 47.0 Å². The highest BCUT2D eigenvalue weighted by atomic mass is 15.3. The SMILES string of the molecule is CC1(C)C2=C(C3=CC4c5c(ccc6ccccc56)N(c5nc(-c6ccccc6)c6c(n5)=CCCC=6)C4C=C3)C=CCC2c2ccccc21. The summed E-state index contributed by atoms with van der Waals surface area (Å²) in [5.74, 6) is 1.37. The van der Waals surface area contributed by atoms with Crippen LogP contribution in [0, 0.1) is 0 Å². The number of benzene rings is 4. The van der Waals surface area contributed by atoms with E-state index in [0.29, 0.717) is 5.92 Å². The molecule has 0 N–H and O–H groups in total. The molecule has 4 aliphatic carbocycles. The third-order valence-electron chi connectivity index (χ3n) is 11.4. The van der Waals surface area contributed by atoms with Crippen molar-refractivity contribution in [2.75, 3.05) is 4.90 Å². The van der Waals surface area contributed by atoms with Gasteiger partial charge < -0.3 is 4.90 Å². The van der Waals surface area contributed by atoms with Gasteiger partial charge >= 0.3 is 0 Å². The Bertz CT molecular complexity index is 2420. The van der Waals surface area contributed by atoms with E-state index in [-0.39, 0.29) is 17.4 Å². The van der Waals surface area contributed by atoms with Gasteiger partial charge in [-0.2, -0.15) is 0 Å². The Morgan fingerprint density at radius 2 is 1.60 bits per heavy atom. The number of fused-ring (bicyclic) bond motifs is 9. The van der Waals surface area contributed by atoms with Gasteiger partial charge in [-0.05, 0) is 69.5 Å². The van der Waals surface area contributed by atoms with Gasteiger partial charge in [0.1, 0.15) is 0 Å². The lowest BCUT2D eigenvalue weighted by atomic mass is 9.73. The van der Waals surface area contributed by atoms with Crippen molar-refractivity contribution in [2.45, 2.75) is 56.4 Å². The molecule has 5 aliphatic rings. The quantitative estimate of drug-likeness (QED) is 0.202. The first-order valence-electron chi connectivity index (χ1n) is 17.4. The molecule has 0 saturated heterocycles. The smallest absolute Gasteiger partial charge is 0.231 e. The molecule has 4 aromatic carbocycles. The molecule has 1 aromatic heterocycles. The topological polar surface area (TPSA) is 29.0 Å². The number of rotatable bonds is 3. The van der Waals surface area contributed by atoms with E-state index < -0.39 is 0 Å². The van der Waals surface area contributed by atoms with Gasteiger partial charge in [-0.15, -0.1) is 0 Å². The molecule has 0 amide bonds. The standard InChI is InChI=1S/C45H37N3/c1-45(2)37-21-10-8-17-33(37)34-20-12-19-32(42(34)45)30-24-25-39-36(27-30)41-31-16-7-6-13-28(31)23-26-40(41)48(39)44-46-38-22-11-9-18-35(38)43(47-44)29-14-4-3-5-15-29/h3-8,10,12-19,21-27,34,36,39H,9,11,20H2,1-2H3. The normalized spacial score (nSPS) is 22.7. The molecule has 0 saturated carbocycles. The summed E-state index contributed by atoms with van der Waals surface area (Å²) in [5.41, 5.74) is 11.9. The summed E-state index contributed by atoms with van der Waals surface area (Å²) in [7, 11) is 0. The first-order valence-corrected chi connectivity index (χ1v) is 17.4. The fourth-order valence-corrected chi connectivity index (χ4v) is 9.34. The average Bonchev–Trinajstić information content (AvgIpc) is 3.60. The molecule has 1 aliphatic heterocycles. The average molecular weight is 620 g/mol. The summed E-state index contributed by atoms with van der Waals surface area (Å²) in [5, 5.41) is 4.77. The number of allylic oxidation sites excluding steroid dienone is 6. The van der Waals surface area contributed by atoms with Crippen LogP contribution < -0.4 is 15.5 Å². The maximum atomic E-state index is 5.39. The molecule has 3 unspecified atom stereocenters. The molecular weight excluding hydrogens is 583 g/mol. The molecule has 0 bridgehead atoms. The molecule has 0 radical (unpaired) electrons.